The molecule has 1 saturated carbocycles. The summed E-state index contributed by atoms with van der Waals surface area (Å²) in [6, 6.07) is 0.0250. The summed E-state index contributed by atoms with van der Waals surface area (Å²) < 4.78 is 3.82. The fourth-order valence-electron chi connectivity index (χ4n) is 2.50. The predicted octanol–water partition coefficient (Wildman–Crippen LogP) is 0.749. The summed E-state index contributed by atoms with van der Waals surface area (Å²) in [5.41, 5.74) is 0. The van der Waals surface area contributed by atoms with Crippen LogP contribution in [0.25, 0.3) is 0 Å². The van der Waals surface area contributed by atoms with Gasteiger partial charge in [0.15, 0.2) is 0 Å². The van der Waals surface area contributed by atoms with E-state index in [1.54, 1.807) is 12.5 Å². The molecule has 2 aromatic heterocycles. The lowest BCUT2D eigenvalue weighted by Crippen LogP contribution is -2.31. The average Bonchev–Trinajstić information content (AvgIpc) is 3.09. The topological polar surface area (TPSA) is 77.6 Å². The SMILES string of the molecule is Cn1cnnc1CCC(=O)N[C@@H](c1nccn1C)C1CC1. The molecule has 1 atom stereocenters. The van der Waals surface area contributed by atoms with Crippen LogP contribution in [-0.4, -0.2) is 30.2 Å². The molecule has 3 rings (SSSR count). The highest BCUT2D eigenvalue weighted by Gasteiger charge is 2.35. The van der Waals surface area contributed by atoms with Gasteiger partial charge in [0.1, 0.15) is 18.0 Å². The van der Waals surface area contributed by atoms with Crippen molar-refractivity contribution >= 4 is 5.91 Å². The van der Waals surface area contributed by atoms with E-state index in [-0.39, 0.29) is 11.9 Å². The van der Waals surface area contributed by atoms with E-state index in [1.807, 2.05) is 29.4 Å². The Labute approximate surface area is 123 Å². The highest BCUT2D eigenvalue weighted by Crippen LogP contribution is 2.40. The lowest BCUT2D eigenvalue weighted by Gasteiger charge is -2.18. The zero-order valence-corrected chi connectivity index (χ0v) is 12.4. The third-order valence-electron chi connectivity index (χ3n) is 3.93. The number of nitrogens with zero attached hydrogens (tertiary/aromatic N) is 5. The number of nitrogens with one attached hydrogen (secondary N) is 1. The molecular formula is C14H20N6O. The van der Waals surface area contributed by atoms with Gasteiger partial charge in [-0.15, -0.1) is 10.2 Å². The average molecular weight is 288 g/mol. The molecule has 1 amide bonds. The van der Waals surface area contributed by atoms with Gasteiger partial charge in [-0.05, 0) is 18.8 Å². The van der Waals surface area contributed by atoms with Crippen molar-refractivity contribution in [2.24, 2.45) is 20.0 Å². The van der Waals surface area contributed by atoms with Crippen molar-refractivity contribution in [1.29, 1.82) is 0 Å². The van der Waals surface area contributed by atoms with E-state index in [4.69, 9.17) is 0 Å². The molecule has 1 fully saturated rings. The van der Waals surface area contributed by atoms with Crippen molar-refractivity contribution in [2.75, 3.05) is 0 Å². The van der Waals surface area contributed by atoms with E-state index in [2.05, 4.69) is 20.5 Å². The minimum Gasteiger partial charge on any atom is -0.346 e. The zero-order chi connectivity index (χ0) is 14.8. The van der Waals surface area contributed by atoms with Crippen LogP contribution in [0.5, 0.6) is 0 Å². The number of imidazole rings is 1. The molecule has 0 bridgehead atoms. The number of carbonyl (C=O) groups excluding carboxylic acids is 1. The Kier molecular flexibility index (Phi) is 3.72. The largest absolute Gasteiger partial charge is 0.346 e. The van der Waals surface area contributed by atoms with Gasteiger partial charge in [-0.3, -0.25) is 4.79 Å². The van der Waals surface area contributed by atoms with Crippen molar-refractivity contribution in [1.82, 2.24) is 29.6 Å². The number of carbonyl (C=O) groups is 1. The third kappa shape index (κ3) is 3.12. The summed E-state index contributed by atoms with van der Waals surface area (Å²) in [6.07, 6.45) is 8.66. The van der Waals surface area contributed by atoms with Crippen LogP contribution in [0.3, 0.4) is 0 Å². The number of rotatable bonds is 6. The molecule has 2 heterocycles. The third-order valence-corrected chi connectivity index (χ3v) is 3.93. The summed E-state index contributed by atoms with van der Waals surface area (Å²) in [4.78, 5) is 16.6. The summed E-state index contributed by atoms with van der Waals surface area (Å²) >= 11 is 0. The standard InChI is InChI=1S/C14H20N6O/c1-19-8-7-15-14(19)13(10-3-4-10)17-12(21)6-5-11-18-16-9-20(11)2/h7-10,13H,3-6H2,1-2H3,(H,17,21)/t13-/m1/s1. The predicted molar refractivity (Wildman–Crippen MR) is 76.1 cm³/mol. The molecule has 2 aromatic rings. The lowest BCUT2D eigenvalue weighted by molar-refractivity contribution is -0.122. The van der Waals surface area contributed by atoms with Crippen LogP contribution in [0.4, 0.5) is 0 Å². The maximum atomic E-state index is 12.2. The van der Waals surface area contributed by atoms with Gasteiger partial charge < -0.3 is 14.5 Å². The fourth-order valence-corrected chi connectivity index (χ4v) is 2.50. The second-order valence-corrected chi connectivity index (χ2v) is 5.64. The van der Waals surface area contributed by atoms with Gasteiger partial charge >= 0.3 is 0 Å². The molecule has 112 valence electrons. The fraction of sp³-hybridized carbons (Fsp3) is 0.571. The Morgan fingerprint density at radius 3 is 2.81 bits per heavy atom. The Morgan fingerprint density at radius 2 is 2.24 bits per heavy atom. The number of hydrogen-bond acceptors (Lipinski definition) is 4. The zero-order valence-electron chi connectivity index (χ0n) is 12.4. The van der Waals surface area contributed by atoms with Gasteiger partial charge in [-0.2, -0.15) is 0 Å². The number of aromatic nitrogens is 5. The van der Waals surface area contributed by atoms with E-state index < -0.39 is 0 Å². The molecule has 1 aliphatic rings. The number of hydrogen-bond donors (Lipinski definition) is 1. The monoisotopic (exact) mass is 288 g/mol. The van der Waals surface area contributed by atoms with Gasteiger partial charge in [0, 0.05) is 39.3 Å². The van der Waals surface area contributed by atoms with Gasteiger partial charge in [0.25, 0.3) is 0 Å². The molecular weight excluding hydrogens is 268 g/mol. The first kappa shape index (κ1) is 13.8. The minimum atomic E-state index is 0.0250. The minimum absolute atomic E-state index is 0.0250. The normalized spacial score (nSPS) is 15.9. The Bertz CT molecular complexity index is 627. The van der Waals surface area contributed by atoms with Gasteiger partial charge in [0.2, 0.25) is 5.91 Å². The van der Waals surface area contributed by atoms with Crippen LogP contribution >= 0.6 is 0 Å². The summed E-state index contributed by atoms with van der Waals surface area (Å²) in [5, 5.41) is 10.9. The first-order chi connectivity index (χ1) is 10.1. The second-order valence-electron chi connectivity index (χ2n) is 5.64. The van der Waals surface area contributed by atoms with Crippen LogP contribution in [0.15, 0.2) is 18.7 Å². The summed E-state index contributed by atoms with van der Waals surface area (Å²) in [5.74, 6) is 2.32. The van der Waals surface area contributed by atoms with Crippen molar-refractivity contribution in [3.63, 3.8) is 0 Å². The molecule has 0 spiro atoms. The van der Waals surface area contributed by atoms with Crippen molar-refractivity contribution in [3.05, 3.63) is 30.4 Å². The quantitative estimate of drug-likeness (QED) is 0.851. The van der Waals surface area contributed by atoms with Gasteiger partial charge in [-0.1, -0.05) is 0 Å². The van der Waals surface area contributed by atoms with Crippen LogP contribution < -0.4 is 5.32 Å². The van der Waals surface area contributed by atoms with E-state index in [1.165, 1.54) is 0 Å². The maximum absolute atomic E-state index is 12.2. The number of amides is 1. The van der Waals surface area contributed by atoms with Gasteiger partial charge in [-0.25, -0.2) is 4.98 Å². The van der Waals surface area contributed by atoms with Crippen molar-refractivity contribution in [3.8, 4) is 0 Å². The molecule has 7 nitrogen and oxygen atoms in total. The molecule has 7 heteroatoms. The molecule has 0 aromatic carbocycles. The number of aryl methyl sites for hydroxylation is 3. The Morgan fingerprint density at radius 1 is 1.43 bits per heavy atom. The summed E-state index contributed by atoms with van der Waals surface area (Å²) in [6.45, 7) is 0. The van der Waals surface area contributed by atoms with Crippen LogP contribution in [0.2, 0.25) is 0 Å². The molecule has 0 radical (unpaired) electrons. The molecule has 1 N–H and O–H groups in total. The van der Waals surface area contributed by atoms with Crippen molar-refractivity contribution < 1.29 is 4.79 Å². The van der Waals surface area contributed by atoms with E-state index >= 15 is 0 Å². The second kappa shape index (κ2) is 5.67. The van der Waals surface area contributed by atoms with Crippen molar-refractivity contribution in [2.45, 2.75) is 31.7 Å². The highest BCUT2D eigenvalue weighted by molar-refractivity contribution is 5.76. The maximum Gasteiger partial charge on any atom is 0.221 e. The first-order valence-electron chi connectivity index (χ1n) is 7.24. The lowest BCUT2D eigenvalue weighted by atomic mass is 10.1. The van der Waals surface area contributed by atoms with E-state index in [0.717, 1.165) is 24.5 Å². The molecule has 0 saturated heterocycles. The van der Waals surface area contributed by atoms with E-state index in [0.29, 0.717) is 18.8 Å². The molecule has 21 heavy (non-hydrogen) atoms. The van der Waals surface area contributed by atoms with Crippen LogP contribution in [0, 0.1) is 5.92 Å². The van der Waals surface area contributed by atoms with Crippen LogP contribution in [-0.2, 0) is 25.3 Å². The summed E-state index contributed by atoms with van der Waals surface area (Å²) in [7, 11) is 3.84. The Hall–Kier alpha value is -2.18. The first-order valence-corrected chi connectivity index (χ1v) is 7.24. The van der Waals surface area contributed by atoms with Gasteiger partial charge in [0.05, 0.1) is 6.04 Å². The smallest absolute Gasteiger partial charge is 0.221 e. The van der Waals surface area contributed by atoms with E-state index in [9.17, 15) is 4.79 Å². The highest BCUT2D eigenvalue weighted by atomic mass is 16.1. The molecule has 1 aliphatic carbocycles. The Balaban J connectivity index is 1.60. The molecule has 0 aliphatic heterocycles. The molecule has 0 unspecified atom stereocenters. The van der Waals surface area contributed by atoms with Crippen LogP contribution in [0.1, 0.15) is 37.0 Å².